The molecule has 72 heavy (non-hydrogen) atoms. The number of aromatic hydroxyl groups is 1. The number of fused-ring (bicyclic) bond motifs is 1. The minimum atomic E-state index is -4.76. The molecule has 1 aliphatic carbocycles. The van der Waals surface area contributed by atoms with Gasteiger partial charge < -0.3 is 61.6 Å². The summed E-state index contributed by atoms with van der Waals surface area (Å²) >= 11 is 0. The molecule has 3 saturated heterocycles. The number of piperidine rings is 1. The van der Waals surface area contributed by atoms with Gasteiger partial charge in [0.25, 0.3) is 0 Å². The quantitative estimate of drug-likeness (QED) is 0.0667. The monoisotopic (exact) mass is 1000 g/mol. The van der Waals surface area contributed by atoms with Crippen LogP contribution in [0.2, 0.25) is 0 Å². The van der Waals surface area contributed by atoms with Crippen LogP contribution in [-0.4, -0.2) is 115 Å². The number of H-pyrrole nitrogens is 1. The first-order chi connectivity index (χ1) is 34.1. The highest BCUT2D eigenvalue weighted by Gasteiger charge is 2.56. The molecule has 2 aromatic heterocycles. The van der Waals surface area contributed by atoms with Crippen molar-refractivity contribution in [1.82, 2.24) is 35.3 Å². The summed E-state index contributed by atoms with van der Waals surface area (Å²) in [4.78, 5) is 79.0. The van der Waals surface area contributed by atoms with Crippen LogP contribution < -0.4 is 32.3 Å². The first kappa shape index (κ1) is 50.6. The van der Waals surface area contributed by atoms with Crippen molar-refractivity contribution in [1.29, 1.82) is 0 Å². The molecule has 10 N–H and O–H groups in total. The number of carbonyl (C=O) groups is 3. The van der Waals surface area contributed by atoms with Crippen molar-refractivity contribution < 1.29 is 33.8 Å². The number of para-hydroxylation sites is 1. The molecule has 9 rings (SSSR count). The van der Waals surface area contributed by atoms with Crippen molar-refractivity contribution >= 4 is 54.2 Å². The second-order valence-corrected chi connectivity index (χ2v) is 23.5. The van der Waals surface area contributed by atoms with Crippen molar-refractivity contribution in [3.63, 3.8) is 0 Å². The molecule has 4 atom stereocenters. The van der Waals surface area contributed by atoms with Crippen LogP contribution in [-0.2, 0) is 20.6 Å². The molecule has 4 unspecified atom stereocenters. The summed E-state index contributed by atoms with van der Waals surface area (Å²) in [5, 5.41) is 16.5. The predicted molar refractivity (Wildman–Crippen MR) is 279 cm³/mol. The lowest BCUT2D eigenvalue weighted by Crippen LogP contribution is -2.70. The number of amides is 4. The van der Waals surface area contributed by atoms with Gasteiger partial charge in [0.15, 0.2) is 0 Å². The number of anilines is 2. The smallest absolute Gasteiger partial charge is 0.359 e. The van der Waals surface area contributed by atoms with Crippen LogP contribution in [0.1, 0.15) is 130 Å². The van der Waals surface area contributed by atoms with Gasteiger partial charge in [0.1, 0.15) is 34.8 Å². The zero-order chi connectivity index (χ0) is 51.4. The second kappa shape index (κ2) is 19.6. The van der Waals surface area contributed by atoms with Gasteiger partial charge in [-0.15, -0.1) is 6.42 Å². The predicted octanol–water partition coefficient (Wildman–Crippen LogP) is 5.70. The molecule has 6 heterocycles. The number of nitrogens with two attached hydrogens (primary N) is 2. The number of terminal acetylenes is 1. The van der Waals surface area contributed by atoms with Gasteiger partial charge in [-0.25, -0.2) is 9.78 Å². The van der Waals surface area contributed by atoms with E-state index in [1.54, 1.807) is 52.4 Å². The number of hydrogen-bond acceptors (Lipinski definition) is 10. The molecule has 382 valence electrons. The number of phenols is 1. The fourth-order valence-electron chi connectivity index (χ4n) is 11.9. The van der Waals surface area contributed by atoms with Gasteiger partial charge in [0, 0.05) is 83.9 Å². The number of urea groups is 1. The molecule has 1 saturated carbocycles. The third-order valence-electron chi connectivity index (χ3n) is 16.0. The highest BCUT2D eigenvalue weighted by atomic mass is 31.2. The lowest BCUT2D eigenvalue weighted by atomic mass is 9.60. The Hall–Kier alpha value is -6.31. The molecule has 4 amide bonds. The number of rotatable bonds is 11. The molecule has 2 aromatic carbocycles. The van der Waals surface area contributed by atoms with Crippen molar-refractivity contribution in [3.05, 3.63) is 99.9 Å². The maximum Gasteiger partial charge on any atom is 0.359 e. The van der Waals surface area contributed by atoms with E-state index >= 15 is 0 Å². The number of benzene rings is 2. The minimum Gasteiger partial charge on any atom is -0.507 e. The highest BCUT2D eigenvalue weighted by Crippen LogP contribution is 2.51. The molecule has 0 radical (unpaired) electrons. The Labute approximate surface area is 422 Å². The van der Waals surface area contributed by atoms with Gasteiger partial charge >= 0.3 is 13.6 Å². The number of pyridine rings is 1. The molecular formula is C54H69N10O7P. The normalized spacial score (nSPS) is 21.6. The van der Waals surface area contributed by atoms with Crippen LogP contribution in [0.4, 0.5) is 16.4 Å². The summed E-state index contributed by atoms with van der Waals surface area (Å²) in [7, 11) is -4.76. The number of hydrogen-bond donors (Lipinski definition) is 8. The van der Waals surface area contributed by atoms with Crippen LogP contribution in [0.5, 0.6) is 5.75 Å². The third-order valence-corrected chi connectivity index (χ3v) is 17.0. The summed E-state index contributed by atoms with van der Waals surface area (Å²) in [6, 6.07) is 13.9. The first-order valence-electron chi connectivity index (χ1n) is 25.2. The van der Waals surface area contributed by atoms with E-state index in [1.807, 2.05) is 63.8 Å². The molecule has 4 fully saturated rings. The Morgan fingerprint density at radius 1 is 1.01 bits per heavy atom. The highest BCUT2D eigenvalue weighted by molar-refractivity contribution is 7.60. The number of phenolic OH excluding ortho intramolecular Hbond substituents is 1. The Bertz CT molecular complexity index is 2840. The van der Waals surface area contributed by atoms with E-state index in [1.165, 1.54) is 0 Å². The van der Waals surface area contributed by atoms with Gasteiger partial charge in [-0.1, -0.05) is 51.0 Å². The zero-order valence-corrected chi connectivity index (χ0v) is 42.8. The fraction of sp³-hybridized carbons (Fsp3) is 0.481. The van der Waals surface area contributed by atoms with Crippen molar-refractivity contribution in [2.75, 3.05) is 49.9 Å². The molecule has 17 nitrogen and oxygen atoms in total. The average molecular weight is 1000 g/mol. The van der Waals surface area contributed by atoms with E-state index in [9.17, 15) is 33.8 Å². The van der Waals surface area contributed by atoms with E-state index in [2.05, 4.69) is 26.4 Å². The maximum absolute atomic E-state index is 14.2. The van der Waals surface area contributed by atoms with Crippen molar-refractivity contribution in [2.24, 2.45) is 16.6 Å². The topological polar surface area (TPSA) is 247 Å². The van der Waals surface area contributed by atoms with Crippen LogP contribution in [0, 0.1) is 23.2 Å². The SMILES string of the molecule is C#Cc1ccc(C(C)NC(=O)C2CCCN2C(=O)C(NC(=O)N2CC3(CC(N4CCC(c5cnc(N6CCc7[nH]c(N)c(/C=C(\N)c8ccccc8O)c7C6C)c(P(=O)(O)O)c5)CC4)C3)C2)C(C)(C)C)cc1. The largest absolute Gasteiger partial charge is 0.507 e. The molecule has 1 spiro atoms. The number of nitrogen functional groups attached to an aromatic ring is 1. The zero-order valence-electron chi connectivity index (χ0n) is 41.9. The number of aromatic amines is 1. The number of nitrogens with zero attached hydrogens (tertiary/aromatic N) is 5. The van der Waals surface area contributed by atoms with E-state index in [-0.39, 0.29) is 58.1 Å². The minimum absolute atomic E-state index is 0.0428. The summed E-state index contributed by atoms with van der Waals surface area (Å²) in [6.07, 6.45) is 14.4. The van der Waals surface area contributed by atoms with Crippen LogP contribution in [0.15, 0.2) is 60.8 Å². The lowest BCUT2D eigenvalue weighted by molar-refractivity contribution is -0.142. The third kappa shape index (κ3) is 9.94. The molecule has 5 aliphatic rings. The van der Waals surface area contributed by atoms with E-state index in [4.69, 9.17) is 22.9 Å². The maximum atomic E-state index is 14.2. The lowest BCUT2D eigenvalue weighted by Gasteiger charge is -2.61. The number of aromatic nitrogens is 2. The second-order valence-electron chi connectivity index (χ2n) is 21.9. The summed E-state index contributed by atoms with van der Waals surface area (Å²) in [5.74, 6) is 2.92. The Morgan fingerprint density at radius 3 is 2.36 bits per heavy atom. The molecule has 4 aromatic rings. The number of likely N-dealkylation sites (tertiary alicyclic amines) is 3. The van der Waals surface area contributed by atoms with Gasteiger partial charge in [-0.3, -0.25) is 14.2 Å². The van der Waals surface area contributed by atoms with Crippen molar-refractivity contribution in [2.45, 2.75) is 116 Å². The Balaban J connectivity index is 0.779. The van der Waals surface area contributed by atoms with Gasteiger partial charge in [0.05, 0.1) is 12.1 Å². The molecular weight excluding hydrogens is 932 g/mol. The standard InChI is InChI=1S/C54H69N10O7P/c1-7-34-14-16-35(17-15-34)32(2)58-50(66)43-12-10-21-64(43)51(67)47(53(4,5)6)60-52(68)62-30-54(31-62)27-38(28-54)61-22-18-36(19-23-61)37-25-45(72(69,70)71)49(57-29-37)63-24-20-42-46(33(63)3)40(48(56)59-42)26-41(55)39-11-8-9-13-44(39)65/h1,8-9,11,13-17,25-26,29,32-33,36,38,43,47,59,65H,10,12,18-24,27-28,30-31,55-56H2,2-6H3,(H,58,66)(H,60,68)(H2,69,70,71)/b41-26-. The van der Waals surface area contributed by atoms with Crippen LogP contribution >= 0.6 is 7.60 Å². The number of carbonyl (C=O) groups excluding carboxylic acids is 3. The molecule has 4 aliphatic heterocycles. The fourth-order valence-corrected chi connectivity index (χ4v) is 12.7. The van der Waals surface area contributed by atoms with Gasteiger partial charge in [0.2, 0.25) is 11.8 Å². The summed E-state index contributed by atoms with van der Waals surface area (Å²) < 4.78 is 13.2. The Morgan fingerprint density at radius 2 is 1.71 bits per heavy atom. The van der Waals surface area contributed by atoms with Gasteiger partial charge in [-0.2, -0.15) is 0 Å². The molecule has 18 heteroatoms. The Kier molecular flexibility index (Phi) is 13.8. The summed E-state index contributed by atoms with van der Waals surface area (Å²) in [6.45, 7) is 13.5. The van der Waals surface area contributed by atoms with Crippen LogP contribution in [0.3, 0.4) is 0 Å². The number of nitrogens with one attached hydrogen (secondary N) is 3. The van der Waals surface area contributed by atoms with E-state index < -0.39 is 25.1 Å². The summed E-state index contributed by atoms with van der Waals surface area (Å²) in [5.41, 5.74) is 18.1. The average Bonchev–Trinajstić information content (AvgIpc) is 3.94. The van der Waals surface area contributed by atoms with E-state index in [0.717, 1.165) is 66.7 Å². The first-order valence-corrected chi connectivity index (χ1v) is 26.8. The molecule has 0 bridgehead atoms. The van der Waals surface area contributed by atoms with E-state index in [0.29, 0.717) is 74.1 Å². The van der Waals surface area contributed by atoms with Crippen LogP contribution in [0.25, 0.3) is 11.8 Å². The van der Waals surface area contributed by atoms with Gasteiger partial charge in [-0.05, 0) is 124 Å². The van der Waals surface area contributed by atoms with Crippen molar-refractivity contribution in [3.8, 4) is 18.1 Å².